The molecule has 1 aliphatic rings. The smallest absolute Gasteiger partial charge is 0.00434 e. The van der Waals surface area contributed by atoms with Crippen molar-refractivity contribution in [1.82, 2.24) is 0 Å². The third-order valence-electron chi connectivity index (χ3n) is 4.55. The molecule has 0 N–H and O–H groups in total. The predicted molar refractivity (Wildman–Crippen MR) is 90.9 cm³/mol. The summed E-state index contributed by atoms with van der Waals surface area (Å²) in [4.78, 5) is 1.57. The van der Waals surface area contributed by atoms with Gasteiger partial charge in [0.25, 0.3) is 0 Å². The van der Waals surface area contributed by atoms with E-state index in [4.69, 9.17) is 0 Å². The highest BCUT2D eigenvalue weighted by molar-refractivity contribution is 8.33. The molecule has 0 saturated heterocycles. The van der Waals surface area contributed by atoms with Crippen LogP contribution >= 0.6 is 10.0 Å². The molecule has 3 rings (SSSR count). The minimum atomic E-state index is -0.645. The summed E-state index contributed by atoms with van der Waals surface area (Å²) in [5.41, 5.74) is 2.90. The van der Waals surface area contributed by atoms with E-state index in [1.54, 1.807) is 4.90 Å². The SMILES string of the molecule is Cc1cccc(C[C@H]2C[C@@H]2S(C)(C)c2ccccc2)c1. The Morgan fingerprint density at radius 2 is 1.75 bits per heavy atom. The van der Waals surface area contributed by atoms with E-state index < -0.39 is 10.0 Å². The van der Waals surface area contributed by atoms with Crippen LogP contribution in [0.4, 0.5) is 0 Å². The van der Waals surface area contributed by atoms with Crippen molar-refractivity contribution in [2.45, 2.75) is 29.9 Å². The second-order valence-corrected chi connectivity index (χ2v) is 10.3. The highest BCUT2D eigenvalue weighted by Gasteiger charge is 2.45. The molecule has 0 radical (unpaired) electrons. The van der Waals surface area contributed by atoms with Crippen molar-refractivity contribution in [3.63, 3.8) is 0 Å². The van der Waals surface area contributed by atoms with Gasteiger partial charge in [-0.05, 0) is 53.9 Å². The van der Waals surface area contributed by atoms with Crippen LogP contribution < -0.4 is 0 Å². The maximum Gasteiger partial charge on any atom is -0.00434 e. The first-order valence-corrected chi connectivity index (χ1v) is 9.91. The number of hydrogen-bond acceptors (Lipinski definition) is 0. The topological polar surface area (TPSA) is 0 Å². The van der Waals surface area contributed by atoms with Crippen molar-refractivity contribution in [1.29, 1.82) is 0 Å². The number of aryl methyl sites for hydroxylation is 1. The van der Waals surface area contributed by atoms with E-state index in [0.29, 0.717) is 0 Å². The van der Waals surface area contributed by atoms with E-state index >= 15 is 0 Å². The molecule has 2 atom stereocenters. The van der Waals surface area contributed by atoms with Crippen LogP contribution in [0.1, 0.15) is 17.5 Å². The molecule has 2 aromatic rings. The van der Waals surface area contributed by atoms with Gasteiger partial charge in [0, 0.05) is 0 Å². The normalized spacial score (nSPS) is 22.6. The van der Waals surface area contributed by atoms with E-state index in [9.17, 15) is 0 Å². The molecular weight excluding hydrogens is 260 g/mol. The van der Waals surface area contributed by atoms with Crippen molar-refractivity contribution in [2.75, 3.05) is 12.5 Å². The first kappa shape index (κ1) is 13.8. The molecule has 0 spiro atoms. The Morgan fingerprint density at radius 3 is 2.45 bits per heavy atom. The summed E-state index contributed by atoms with van der Waals surface area (Å²) in [5, 5.41) is 0.908. The summed E-state index contributed by atoms with van der Waals surface area (Å²) in [6.07, 6.45) is 7.65. The molecule has 0 amide bonds. The molecule has 2 aromatic carbocycles. The van der Waals surface area contributed by atoms with Crippen molar-refractivity contribution in [3.05, 3.63) is 65.7 Å². The number of benzene rings is 2. The van der Waals surface area contributed by atoms with Gasteiger partial charge >= 0.3 is 0 Å². The van der Waals surface area contributed by atoms with Gasteiger partial charge in [0.2, 0.25) is 0 Å². The molecule has 0 aliphatic heterocycles. The molecule has 0 heterocycles. The van der Waals surface area contributed by atoms with Crippen molar-refractivity contribution < 1.29 is 0 Å². The van der Waals surface area contributed by atoms with Gasteiger partial charge in [-0.25, -0.2) is 10.0 Å². The van der Waals surface area contributed by atoms with Gasteiger partial charge in [0.05, 0.1) is 0 Å². The van der Waals surface area contributed by atoms with Crippen LogP contribution in [0.2, 0.25) is 0 Å². The van der Waals surface area contributed by atoms with Crippen LogP contribution in [0.15, 0.2) is 59.5 Å². The molecule has 0 aromatic heterocycles. The van der Waals surface area contributed by atoms with E-state index in [2.05, 4.69) is 74.0 Å². The molecule has 1 aliphatic carbocycles. The van der Waals surface area contributed by atoms with Gasteiger partial charge < -0.3 is 0 Å². The first-order chi connectivity index (χ1) is 9.57. The lowest BCUT2D eigenvalue weighted by Gasteiger charge is -2.32. The van der Waals surface area contributed by atoms with Gasteiger partial charge in [0.1, 0.15) is 0 Å². The van der Waals surface area contributed by atoms with Crippen LogP contribution in [0.5, 0.6) is 0 Å². The number of rotatable bonds is 4. The Hall–Kier alpha value is -1.21. The summed E-state index contributed by atoms with van der Waals surface area (Å²) < 4.78 is 0. The fourth-order valence-electron chi connectivity index (χ4n) is 3.24. The monoisotopic (exact) mass is 284 g/mol. The zero-order valence-electron chi connectivity index (χ0n) is 12.7. The molecule has 0 nitrogen and oxygen atoms in total. The van der Waals surface area contributed by atoms with Gasteiger partial charge in [-0.15, -0.1) is 0 Å². The van der Waals surface area contributed by atoms with E-state index in [1.807, 2.05) is 0 Å². The second kappa shape index (κ2) is 5.29. The Morgan fingerprint density at radius 1 is 1.00 bits per heavy atom. The van der Waals surface area contributed by atoms with Crippen LogP contribution in [0.25, 0.3) is 0 Å². The quantitative estimate of drug-likeness (QED) is 0.737. The highest BCUT2D eigenvalue weighted by Crippen LogP contribution is 2.65. The Kier molecular flexibility index (Phi) is 3.64. The summed E-state index contributed by atoms with van der Waals surface area (Å²) in [7, 11) is -0.645. The third-order valence-corrected chi connectivity index (χ3v) is 8.12. The van der Waals surface area contributed by atoms with Crippen molar-refractivity contribution >= 4 is 10.0 Å². The van der Waals surface area contributed by atoms with Gasteiger partial charge in [-0.1, -0.05) is 60.2 Å². The van der Waals surface area contributed by atoms with Crippen LogP contribution in [-0.4, -0.2) is 17.8 Å². The average Bonchev–Trinajstić information content (AvgIpc) is 3.20. The lowest BCUT2D eigenvalue weighted by Crippen LogP contribution is -2.06. The van der Waals surface area contributed by atoms with E-state index in [-0.39, 0.29) is 0 Å². The molecule has 1 saturated carbocycles. The summed E-state index contributed by atoms with van der Waals surface area (Å²) in [5.74, 6) is 0.891. The second-order valence-electron chi connectivity index (χ2n) is 6.45. The first-order valence-electron chi connectivity index (χ1n) is 7.40. The zero-order valence-corrected chi connectivity index (χ0v) is 13.5. The van der Waals surface area contributed by atoms with Gasteiger partial charge in [0.15, 0.2) is 0 Å². The molecule has 20 heavy (non-hydrogen) atoms. The largest absolute Gasteiger partial charge is 0.217 e. The van der Waals surface area contributed by atoms with Crippen LogP contribution in [-0.2, 0) is 6.42 Å². The molecule has 1 heteroatoms. The third kappa shape index (κ3) is 2.78. The maximum atomic E-state index is 2.49. The lowest BCUT2D eigenvalue weighted by molar-refractivity contribution is 0.833. The standard InChI is InChI=1S/C19H24S/c1-15-8-7-9-16(12-15)13-17-14-19(17)20(2,3)18-10-5-4-6-11-18/h4-12,17,19H,13-14H2,1-3H3/t17-,19-/m0/s1. The van der Waals surface area contributed by atoms with E-state index in [1.165, 1.54) is 24.0 Å². The Balaban J connectivity index is 1.70. The Labute approximate surface area is 124 Å². The summed E-state index contributed by atoms with van der Waals surface area (Å²) >= 11 is 0. The Bertz CT molecular complexity index is 586. The predicted octanol–water partition coefficient (Wildman–Crippen LogP) is 5.05. The van der Waals surface area contributed by atoms with Crippen molar-refractivity contribution in [3.8, 4) is 0 Å². The van der Waals surface area contributed by atoms with Gasteiger partial charge in [-0.2, -0.15) is 0 Å². The van der Waals surface area contributed by atoms with E-state index in [0.717, 1.165) is 11.2 Å². The summed E-state index contributed by atoms with van der Waals surface area (Å²) in [6.45, 7) is 2.19. The molecule has 1 fully saturated rings. The highest BCUT2D eigenvalue weighted by atomic mass is 32.3. The maximum absolute atomic E-state index is 2.49. The average molecular weight is 284 g/mol. The fourth-order valence-corrected chi connectivity index (χ4v) is 6.24. The van der Waals surface area contributed by atoms with Crippen LogP contribution in [0, 0.1) is 12.8 Å². The molecular formula is C19H24S. The fraction of sp³-hybridized carbons (Fsp3) is 0.368. The van der Waals surface area contributed by atoms with Crippen molar-refractivity contribution in [2.24, 2.45) is 5.92 Å². The molecule has 106 valence electrons. The minimum absolute atomic E-state index is 0.645. The molecule has 0 bridgehead atoms. The summed E-state index contributed by atoms with van der Waals surface area (Å²) in [6, 6.07) is 20.1. The minimum Gasteiger partial charge on any atom is -0.217 e. The van der Waals surface area contributed by atoms with Gasteiger partial charge in [-0.3, -0.25) is 0 Å². The number of hydrogen-bond donors (Lipinski definition) is 0. The lowest BCUT2D eigenvalue weighted by atomic mass is 10.1. The van der Waals surface area contributed by atoms with Crippen LogP contribution in [0.3, 0.4) is 0 Å². The molecule has 0 unspecified atom stereocenters. The zero-order chi connectivity index (χ0) is 14.2.